The first-order valence-electron chi connectivity index (χ1n) is 9.97. The number of phenolic OH excluding ortho intramolecular Hbond substituents is 1. The predicted octanol–water partition coefficient (Wildman–Crippen LogP) is 3.61. The number of aromatic hydroxyl groups is 1. The highest BCUT2D eigenvalue weighted by atomic mass is 19.1. The summed E-state index contributed by atoms with van der Waals surface area (Å²) in [5.41, 5.74) is 0.753. The Morgan fingerprint density at radius 1 is 1.17 bits per heavy atom. The Hall–Kier alpha value is -2.96. The second kappa shape index (κ2) is 6.83. The molecule has 7 heteroatoms. The van der Waals surface area contributed by atoms with Gasteiger partial charge < -0.3 is 14.4 Å². The summed E-state index contributed by atoms with van der Waals surface area (Å²) < 4.78 is 21.9. The van der Waals surface area contributed by atoms with Gasteiger partial charge in [0.25, 0.3) is 5.56 Å². The minimum Gasteiger partial charge on any atom is -0.507 e. The lowest BCUT2D eigenvalue weighted by Gasteiger charge is -2.31. The fourth-order valence-corrected chi connectivity index (χ4v) is 4.76. The first kappa shape index (κ1) is 18.1. The van der Waals surface area contributed by atoms with E-state index in [1.165, 1.54) is 10.6 Å². The van der Waals surface area contributed by atoms with Gasteiger partial charge in [-0.3, -0.25) is 4.79 Å². The van der Waals surface area contributed by atoms with Crippen LogP contribution in [0, 0.1) is 11.8 Å². The minimum atomic E-state index is -0.956. The van der Waals surface area contributed by atoms with Crippen LogP contribution in [0.3, 0.4) is 0 Å². The monoisotopic (exact) mass is 395 g/mol. The largest absolute Gasteiger partial charge is 0.507 e. The molecule has 0 saturated heterocycles. The number of nitrogens with zero attached hydrogens (tertiary/aromatic N) is 3. The number of fused-ring (bicyclic) bond motifs is 3. The van der Waals surface area contributed by atoms with Gasteiger partial charge in [0.15, 0.2) is 0 Å². The van der Waals surface area contributed by atoms with E-state index in [9.17, 15) is 14.3 Å². The summed E-state index contributed by atoms with van der Waals surface area (Å²) >= 11 is 0. The Balaban J connectivity index is 1.41. The van der Waals surface area contributed by atoms with Crippen LogP contribution < -0.4 is 10.3 Å². The van der Waals surface area contributed by atoms with Gasteiger partial charge in [0, 0.05) is 24.9 Å². The summed E-state index contributed by atoms with van der Waals surface area (Å²) in [5, 5.41) is 19.8. The van der Waals surface area contributed by atoms with Crippen molar-refractivity contribution in [3.63, 3.8) is 0 Å². The number of hydrogen-bond donors (Lipinski definition) is 1. The fraction of sp³-hybridized carbons (Fsp3) is 0.409. The average Bonchev–Trinajstić information content (AvgIpc) is 3.13. The number of halogens is 1. The molecule has 0 unspecified atom stereocenters. The van der Waals surface area contributed by atoms with Gasteiger partial charge in [-0.25, -0.2) is 4.39 Å². The van der Waals surface area contributed by atoms with E-state index in [2.05, 4.69) is 10.2 Å². The Labute approximate surface area is 167 Å². The number of pyridine rings is 1. The molecule has 2 bridgehead atoms. The quantitative estimate of drug-likeness (QED) is 0.733. The Bertz CT molecular complexity index is 1130. The maximum Gasteiger partial charge on any atom is 0.258 e. The minimum absolute atomic E-state index is 0.0450. The van der Waals surface area contributed by atoms with E-state index in [-0.39, 0.29) is 23.1 Å². The molecule has 0 spiro atoms. The van der Waals surface area contributed by atoms with Crippen LogP contribution in [-0.2, 0) is 7.05 Å². The molecule has 2 aliphatic carbocycles. The standard InChI is InChI=1S/C22H22FN3O3/c1-26-7-6-13-10-16(18(27)11-15(13)22(26)28)17-4-5-20(25-24-17)29-19-9-12-2-3-14(8-12)21(19)23/h4-7,10-12,14,19,21,27H,2-3,8-9H2,1H3/t12-,14+,19+,21-/m1/s1. The lowest BCUT2D eigenvalue weighted by Crippen LogP contribution is -2.38. The topological polar surface area (TPSA) is 77.2 Å². The van der Waals surface area contributed by atoms with Gasteiger partial charge >= 0.3 is 0 Å². The molecule has 2 heterocycles. The molecule has 2 aromatic heterocycles. The first-order valence-corrected chi connectivity index (χ1v) is 9.97. The highest BCUT2D eigenvalue weighted by molar-refractivity contribution is 5.89. The maximum atomic E-state index is 14.6. The molecule has 2 saturated carbocycles. The van der Waals surface area contributed by atoms with Crippen molar-refractivity contribution in [3.05, 3.63) is 46.9 Å². The van der Waals surface area contributed by atoms with E-state index in [4.69, 9.17) is 4.74 Å². The molecule has 1 aromatic carbocycles. The lowest BCUT2D eigenvalue weighted by molar-refractivity contribution is 0.0223. The van der Waals surface area contributed by atoms with Crippen LogP contribution in [0.2, 0.25) is 0 Å². The van der Waals surface area contributed by atoms with Crippen LogP contribution in [-0.4, -0.2) is 32.1 Å². The van der Waals surface area contributed by atoms with Crippen LogP contribution >= 0.6 is 0 Å². The number of hydrogen-bond acceptors (Lipinski definition) is 5. The molecule has 29 heavy (non-hydrogen) atoms. The van der Waals surface area contributed by atoms with Crippen molar-refractivity contribution in [3.8, 4) is 22.9 Å². The van der Waals surface area contributed by atoms with Crippen molar-refractivity contribution >= 4 is 10.8 Å². The number of aryl methyl sites for hydroxylation is 1. The molecular weight excluding hydrogens is 373 g/mol. The predicted molar refractivity (Wildman–Crippen MR) is 107 cm³/mol. The van der Waals surface area contributed by atoms with E-state index in [1.54, 1.807) is 31.4 Å². The van der Waals surface area contributed by atoms with E-state index in [0.29, 0.717) is 27.9 Å². The second-order valence-corrected chi connectivity index (χ2v) is 8.22. The summed E-state index contributed by atoms with van der Waals surface area (Å²) in [7, 11) is 1.66. The van der Waals surface area contributed by atoms with Crippen molar-refractivity contribution in [1.29, 1.82) is 0 Å². The van der Waals surface area contributed by atoms with E-state index >= 15 is 0 Å². The van der Waals surface area contributed by atoms with Gasteiger partial charge in [0.05, 0.1) is 11.1 Å². The molecule has 2 aliphatic rings. The Morgan fingerprint density at radius 2 is 2.03 bits per heavy atom. The molecular formula is C22H22FN3O3. The molecule has 150 valence electrons. The van der Waals surface area contributed by atoms with Crippen molar-refractivity contribution in [1.82, 2.24) is 14.8 Å². The molecule has 4 atom stereocenters. The van der Waals surface area contributed by atoms with E-state index in [1.807, 2.05) is 6.07 Å². The molecule has 0 radical (unpaired) electrons. The number of alkyl halides is 1. The zero-order valence-corrected chi connectivity index (χ0v) is 16.1. The van der Waals surface area contributed by atoms with Crippen LogP contribution in [0.4, 0.5) is 4.39 Å². The fourth-order valence-electron chi connectivity index (χ4n) is 4.76. The van der Waals surface area contributed by atoms with Gasteiger partial charge in [-0.05, 0) is 67.2 Å². The van der Waals surface area contributed by atoms with Crippen LogP contribution in [0.25, 0.3) is 22.0 Å². The number of aromatic nitrogens is 3. The molecule has 1 N–H and O–H groups in total. The molecule has 2 fully saturated rings. The van der Waals surface area contributed by atoms with Crippen LogP contribution in [0.5, 0.6) is 11.6 Å². The number of rotatable bonds is 3. The van der Waals surface area contributed by atoms with Crippen LogP contribution in [0.15, 0.2) is 41.3 Å². The number of benzene rings is 1. The first-order chi connectivity index (χ1) is 14.0. The molecule has 3 aromatic rings. The van der Waals surface area contributed by atoms with Gasteiger partial charge in [0.2, 0.25) is 5.88 Å². The van der Waals surface area contributed by atoms with Crippen molar-refractivity contribution in [2.24, 2.45) is 18.9 Å². The lowest BCUT2D eigenvalue weighted by atomic mass is 9.85. The Kier molecular flexibility index (Phi) is 4.26. The summed E-state index contributed by atoms with van der Waals surface area (Å²) in [6.07, 6.45) is 3.98. The highest BCUT2D eigenvalue weighted by Crippen LogP contribution is 2.44. The molecule has 5 rings (SSSR count). The van der Waals surface area contributed by atoms with Crippen molar-refractivity contribution < 1.29 is 14.2 Å². The third-order valence-corrected chi connectivity index (χ3v) is 6.34. The third kappa shape index (κ3) is 3.14. The van der Waals surface area contributed by atoms with E-state index in [0.717, 1.165) is 25.7 Å². The van der Waals surface area contributed by atoms with Gasteiger partial charge in [-0.1, -0.05) is 0 Å². The van der Waals surface area contributed by atoms with Gasteiger partial charge in [0.1, 0.15) is 18.0 Å². The van der Waals surface area contributed by atoms with E-state index < -0.39 is 12.3 Å². The number of phenols is 1. The zero-order valence-electron chi connectivity index (χ0n) is 16.1. The summed E-state index contributed by atoms with van der Waals surface area (Å²) in [6.45, 7) is 0. The average molecular weight is 395 g/mol. The SMILES string of the molecule is Cn1ccc2cc(-c3ccc(O[C@H]4C[C@@H]5CC[C@@H](C5)[C@H]4F)nn3)c(O)cc2c1=O. The normalized spacial score (nSPS) is 26.0. The van der Waals surface area contributed by atoms with Crippen LogP contribution in [0.1, 0.15) is 25.7 Å². The summed E-state index contributed by atoms with van der Waals surface area (Å²) in [6, 6.07) is 8.31. The molecule has 6 nitrogen and oxygen atoms in total. The highest BCUT2D eigenvalue weighted by Gasteiger charge is 2.43. The molecule has 0 aliphatic heterocycles. The summed E-state index contributed by atoms with van der Waals surface area (Å²) in [5.74, 6) is 0.896. The van der Waals surface area contributed by atoms with Gasteiger partial charge in [-0.15, -0.1) is 10.2 Å². The second-order valence-electron chi connectivity index (χ2n) is 8.22. The Morgan fingerprint density at radius 3 is 2.83 bits per heavy atom. The number of ether oxygens (including phenoxy) is 1. The smallest absolute Gasteiger partial charge is 0.258 e. The summed E-state index contributed by atoms with van der Waals surface area (Å²) in [4.78, 5) is 12.2. The maximum absolute atomic E-state index is 14.6. The van der Waals surface area contributed by atoms with Gasteiger partial charge in [-0.2, -0.15) is 0 Å². The van der Waals surface area contributed by atoms with Crippen molar-refractivity contribution in [2.45, 2.75) is 38.0 Å². The zero-order chi connectivity index (χ0) is 20.1. The van der Waals surface area contributed by atoms with Crippen molar-refractivity contribution in [2.75, 3.05) is 0 Å². The third-order valence-electron chi connectivity index (χ3n) is 6.34. The molecule has 0 amide bonds.